The Hall–Kier alpha value is -0.280. The molecule has 1 heterocycles. The van der Waals surface area contributed by atoms with Gasteiger partial charge in [-0.05, 0) is 12.3 Å². The lowest BCUT2D eigenvalue weighted by atomic mass is 10.4. The first-order valence-corrected chi connectivity index (χ1v) is 5.15. The van der Waals surface area contributed by atoms with E-state index in [1.165, 1.54) is 0 Å². The zero-order chi connectivity index (χ0) is 8.10. The Kier molecular flexibility index (Phi) is 3.66. The fourth-order valence-electron chi connectivity index (χ4n) is 0.714. The lowest BCUT2D eigenvalue weighted by molar-refractivity contribution is 0.987. The molecule has 0 saturated carbocycles. The quantitative estimate of drug-likeness (QED) is 0.680. The van der Waals surface area contributed by atoms with Gasteiger partial charge in [-0.15, -0.1) is 11.6 Å². The first-order chi connectivity index (χ1) is 5.36. The van der Waals surface area contributed by atoms with Crippen molar-refractivity contribution in [1.82, 2.24) is 9.97 Å². The van der Waals surface area contributed by atoms with Crippen molar-refractivity contribution in [2.75, 3.05) is 6.26 Å². The maximum atomic E-state index is 5.60. The average Bonchev–Trinajstić information content (AvgIpc) is 2.06. The van der Waals surface area contributed by atoms with Crippen LogP contribution in [-0.4, -0.2) is 16.2 Å². The van der Waals surface area contributed by atoms with Gasteiger partial charge in [-0.1, -0.05) is 0 Å². The number of hydrogen-bond donors (Lipinski definition) is 0. The molecule has 2 nitrogen and oxygen atoms in total. The zero-order valence-corrected chi connectivity index (χ0v) is 7.82. The van der Waals surface area contributed by atoms with Crippen LogP contribution in [-0.2, 0) is 11.6 Å². The molecule has 0 N–H and O–H groups in total. The Balaban J connectivity index is 2.74. The number of thioether (sulfide) groups is 1. The van der Waals surface area contributed by atoms with Crippen molar-refractivity contribution in [1.29, 1.82) is 0 Å². The van der Waals surface area contributed by atoms with Crippen LogP contribution in [0.15, 0.2) is 12.3 Å². The molecule has 1 aromatic heterocycles. The van der Waals surface area contributed by atoms with Crippen LogP contribution in [0.3, 0.4) is 0 Å². The summed E-state index contributed by atoms with van der Waals surface area (Å²) in [6.45, 7) is 0. The second kappa shape index (κ2) is 4.57. The highest BCUT2D eigenvalue weighted by Crippen LogP contribution is 2.05. The molecule has 0 aliphatic carbocycles. The van der Waals surface area contributed by atoms with E-state index in [4.69, 9.17) is 11.6 Å². The predicted octanol–water partition coefficient (Wildman–Crippen LogP) is 2.08. The van der Waals surface area contributed by atoms with Gasteiger partial charge in [0.1, 0.15) is 5.82 Å². The maximum Gasteiger partial charge on any atom is 0.138 e. The molecule has 1 rings (SSSR count). The van der Waals surface area contributed by atoms with Crippen LogP contribution in [0.5, 0.6) is 0 Å². The Morgan fingerprint density at radius 2 is 2.45 bits per heavy atom. The molecule has 60 valence electrons. The molecular formula is C7H9ClN2S. The fourth-order valence-corrected chi connectivity index (χ4v) is 1.26. The Morgan fingerprint density at radius 3 is 3.09 bits per heavy atom. The van der Waals surface area contributed by atoms with E-state index in [0.29, 0.717) is 5.88 Å². The minimum absolute atomic E-state index is 0.462. The van der Waals surface area contributed by atoms with Crippen molar-refractivity contribution in [3.8, 4) is 0 Å². The Labute approximate surface area is 75.4 Å². The highest BCUT2D eigenvalue weighted by Gasteiger charge is 1.95. The van der Waals surface area contributed by atoms with E-state index in [2.05, 4.69) is 9.97 Å². The van der Waals surface area contributed by atoms with Crippen molar-refractivity contribution in [3.05, 3.63) is 23.8 Å². The number of alkyl halides is 1. The molecule has 0 aliphatic heterocycles. The average molecular weight is 189 g/mol. The lowest BCUT2D eigenvalue weighted by Crippen LogP contribution is -1.94. The number of rotatable bonds is 3. The van der Waals surface area contributed by atoms with E-state index in [9.17, 15) is 0 Å². The van der Waals surface area contributed by atoms with Crippen LogP contribution >= 0.6 is 23.4 Å². The van der Waals surface area contributed by atoms with Crippen LogP contribution in [0.1, 0.15) is 11.5 Å². The van der Waals surface area contributed by atoms with Crippen molar-refractivity contribution >= 4 is 23.4 Å². The minimum Gasteiger partial charge on any atom is -0.240 e. The summed E-state index contributed by atoms with van der Waals surface area (Å²) in [5.41, 5.74) is 0.894. The third-order valence-corrected chi connectivity index (χ3v) is 1.99. The highest BCUT2D eigenvalue weighted by atomic mass is 35.5. The molecular weight excluding hydrogens is 180 g/mol. The fraction of sp³-hybridized carbons (Fsp3) is 0.429. The smallest absolute Gasteiger partial charge is 0.138 e. The van der Waals surface area contributed by atoms with Crippen LogP contribution in [0, 0.1) is 0 Å². The van der Waals surface area contributed by atoms with E-state index in [-0.39, 0.29) is 0 Å². The number of hydrogen-bond acceptors (Lipinski definition) is 3. The molecule has 11 heavy (non-hydrogen) atoms. The predicted molar refractivity (Wildman–Crippen MR) is 48.8 cm³/mol. The maximum absolute atomic E-state index is 5.60. The van der Waals surface area contributed by atoms with Crippen LogP contribution in [0.4, 0.5) is 0 Å². The third-order valence-electron chi connectivity index (χ3n) is 1.17. The Morgan fingerprint density at radius 1 is 1.64 bits per heavy atom. The summed E-state index contributed by atoms with van der Waals surface area (Å²) in [6, 6.07) is 1.83. The summed E-state index contributed by atoms with van der Waals surface area (Å²) < 4.78 is 0. The molecule has 0 aromatic carbocycles. The van der Waals surface area contributed by atoms with Crippen molar-refractivity contribution in [3.63, 3.8) is 0 Å². The van der Waals surface area contributed by atoms with Gasteiger partial charge in [0, 0.05) is 6.20 Å². The Bertz CT molecular complexity index is 229. The zero-order valence-electron chi connectivity index (χ0n) is 6.25. The SMILES string of the molecule is CSCc1nccc(CCl)n1. The second-order valence-corrected chi connectivity index (χ2v) is 3.16. The van der Waals surface area contributed by atoms with Gasteiger partial charge >= 0.3 is 0 Å². The van der Waals surface area contributed by atoms with E-state index in [1.54, 1.807) is 18.0 Å². The summed E-state index contributed by atoms with van der Waals surface area (Å²) in [4.78, 5) is 8.30. The summed E-state index contributed by atoms with van der Waals surface area (Å²) in [7, 11) is 0. The molecule has 0 radical (unpaired) electrons. The highest BCUT2D eigenvalue weighted by molar-refractivity contribution is 7.97. The summed E-state index contributed by atoms with van der Waals surface area (Å²) in [6.07, 6.45) is 3.77. The molecule has 0 atom stereocenters. The molecule has 0 fully saturated rings. The standard InChI is InChI=1S/C7H9ClN2S/c1-11-5-7-9-3-2-6(4-8)10-7/h2-3H,4-5H2,1H3. The van der Waals surface area contributed by atoms with Gasteiger partial charge in [-0.25, -0.2) is 9.97 Å². The molecule has 0 saturated heterocycles. The van der Waals surface area contributed by atoms with Gasteiger partial charge in [0.05, 0.1) is 17.3 Å². The van der Waals surface area contributed by atoms with E-state index in [1.807, 2.05) is 12.3 Å². The van der Waals surface area contributed by atoms with Crippen LogP contribution < -0.4 is 0 Å². The topological polar surface area (TPSA) is 25.8 Å². The van der Waals surface area contributed by atoms with Crippen LogP contribution in [0.25, 0.3) is 0 Å². The molecule has 0 bridgehead atoms. The monoisotopic (exact) mass is 188 g/mol. The van der Waals surface area contributed by atoms with Gasteiger partial charge in [-0.3, -0.25) is 0 Å². The van der Waals surface area contributed by atoms with Crippen LogP contribution in [0.2, 0.25) is 0 Å². The molecule has 0 amide bonds. The first kappa shape index (κ1) is 8.81. The van der Waals surface area contributed by atoms with Gasteiger partial charge in [0.2, 0.25) is 0 Å². The van der Waals surface area contributed by atoms with Gasteiger partial charge in [0.25, 0.3) is 0 Å². The van der Waals surface area contributed by atoms with Gasteiger partial charge in [-0.2, -0.15) is 11.8 Å². The third kappa shape index (κ3) is 2.67. The van der Waals surface area contributed by atoms with E-state index >= 15 is 0 Å². The number of halogens is 1. The van der Waals surface area contributed by atoms with Crippen molar-refractivity contribution in [2.24, 2.45) is 0 Å². The summed E-state index contributed by atoms with van der Waals surface area (Å²) >= 11 is 7.31. The second-order valence-electron chi connectivity index (χ2n) is 2.03. The van der Waals surface area contributed by atoms with Gasteiger partial charge in [0.15, 0.2) is 0 Å². The number of nitrogens with zero attached hydrogens (tertiary/aromatic N) is 2. The molecule has 4 heteroatoms. The van der Waals surface area contributed by atoms with E-state index in [0.717, 1.165) is 17.3 Å². The van der Waals surface area contributed by atoms with Gasteiger partial charge < -0.3 is 0 Å². The normalized spacial score (nSPS) is 10.0. The van der Waals surface area contributed by atoms with Crippen molar-refractivity contribution in [2.45, 2.75) is 11.6 Å². The largest absolute Gasteiger partial charge is 0.240 e. The lowest BCUT2D eigenvalue weighted by Gasteiger charge is -1.97. The summed E-state index contributed by atoms with van der Waals surface area (Å²) in [5, 5.41) is 0. The molecule has 0 spiro atoms. The first-order valence-electron chi connectivity index (χ1n) is 3.22. The molecule has 0 aliphatic rings. The number of aromatic nitrogens is 2. The molecule has 1 aromatic rings. The summed E-state index contributed by atoms with van der Waals surface area (Å²) in [5.74, 6) is 2.17. The van der Waals surface area contributed by atoms with Crippen molar-refractivity contribution < 1.29 is 0 Å². The molecule has 0 unspecified atom stereocenters. The van der Waals surface area contributed by atoms with E-state index < -0.39 is 0 Å². The minimum atomic E-state index is 0.462.